The van der Waals surface area contributed by atoms with Crippen molar-refractivity contribution in [2.75, 3.05) is 45.9 Å². The van der Waals surface area contributed by atoms with Crippen molar-refractivity contribution in [3.8, 4) is 0 Å². The van der Waals surface area contributed by atoms with Crippen LogP contribution in [0.25, 0.3) is 0 Å². The molecule has 1 amide bonds. The van der Waals surface area contributed by atoms with Gasteiger partial charge in [-0.2, -0.15) is 4.31 Å². The van der Waals surface area contributed by atoms with Gasteiger partial charge in [0.15, 0.2) is 0 Å². The van der Waals surface area contributed by atoms with Crippen molar-refractivity contribution < 1.29 is 22.3 Å². The number of sulfonamides is 1. The molecule has 0 unspecified atom stereocenters. The first kappa shape index (κ1) is 27.4. The lowest BCUT2D eigenvalue weighted by atomic mass is 10.2. The van der Waals surface area contributed by atoms with E-state index in [2.05, 4.69) is 4.90 Å². The van der Waals surface area contributed by atoms with Crippen molar-refractivity contribution in [2.24, 2.45) is 0 Å². The maximum absolute atomic E-state index is 13.7. The lowest BCUT2D eigenvalue weighted by Gasteiger charge is -2.31. The monoisotopic (exact) mass is 545 g/mol. The van der Waals surface area contributed by atoms with Crippen molar-refractivity contribution >= 4 is 27.3 Å². The number of morpholine rings is 1. The van der Waals surface area contributed by atoms with Gasteiger partial charge in [-0.05, 0) is 48.9 Å². The van der Waals surface area contributed by atoms with Crippen LogP contribution in [0.4, 0.5) is 4.39 Å². The molecule has 1 saturated heterocycles. The fourth-order valence-corrected chi connectivity index (χ4v) is 6.46. The number of hydrogen-bond acceptors (Lipinski definition) is 6. The number of carbonyl (C=O) groups excluding carboxylic acids is 1. The van der Waals surface area contributed by atoms with Crippen molar-refractivity contribution in [2.45, 2.75) is 24.9 Å². The zero-order valence-corrected chi connectivity index (χ0v) is 22.5. The maximum atomic E-state index is 13.7. The Morgan fingerprint density at radius 3 is 2.35 bits per heavy atom. The number of hydrogen-bond donors (Lipinski definition) is 0. The molecule has 0 saturated carbocycles. The molecule has 1 aromatic heterocycles. The van der Waals surface area contributed by atoms with Crippen LogP contribution in [0.1, 0.15) is 15.3 Å². The lowest BCUT2D eigenvalue weighted by molar-refractivity contribution is -0.132. The second-order valence-corrected chi connectivity index (χ2v) is 12.3. The van der Waals surface area contributed by atoms with Crippen molar-refractivity contribution in [3.05, 3.63) is 87.9 Å². The number of nitrogens with zero attached hydrogens (tertiary/aromatic N) is 3. The van der Waals surface area contributed by atoms with Crippen LogP contribution in [0.2, 0.25) is 0 Å². The predicted octanol–water partition coefficient (Wildman–Crippen LogP) is 3.75. The van der Waals surface area contributed by atoms with E-state index in [1.807, 2.05) is 19.1 Å². The minimum absolute atomic E-state index is 0.156. The van der Waals surface area contributed by atoms with E-state index in [4.69, 9.17) is 4.74 Å². The number of thiophene rings is 1. The fraction of sp³-hybridized carbons (Fsp3) is 0.370. The molecule has 4 rings (SSSR count). The summed E-state index contributed by atoms with van der Waals surface area (Å²) in [6.07, 6.45) is 0. The minimum atomic E-state index is -3.90. The average molecular weight is 546 g/mol. The smallest absolute Gasteiger partial charge is 0.243 e. The molecule has 0 spiro atoms. The molecule has 198 valence electrons. The SMILES string of the molecule is Cc1ccc(CN(Cc2ccc(F)cc2)C(=O)CN(CCN2CCOCC2)S(=O)(=O)c2ccccc2)s1. The van der Waals surface area contributed by atoms with Gasteiger partial charge in [0, 0.05) is 42.5 Å². The summed E-state index contributed by atoms with van der Waals surface area (Å²) in [5, 5.41) is 0. The van der Waals surface area contributed by atoms with Crippen LogP contribution >= 0.6 is 11.3 Å². The normalized spacial score (nSPS) is 14.7. The standard InChI is InChI=1S/C27H32FN3O4S2/c1-22-7-12-25(36-22)20-30(19-23-8-10-24(28)11-9-23)27(32)21-31(14-13-29-15-17-35-18-16-29)37(33,34)26-5-3-2-4-6-26/h2-12H,13-21H2,1H3. The number of rotatable bonds is 11. The predicted molar refractivity (Wildman–Crippen MR) is 142 cm³/mol. The van der Waals surface area contributed by atoms with Crippen molar-refractivity contribution in [1.29, 1.82) is 0 Å². The molecule has 7 nitrogen and oxygen atoms in total. The van der Waals surface area contributed by atoms with Gasteiger partial charge in [0.2, 0.25) is 15.9 Å². The van der Waals surface area contributed by atoms with E-state index in [1.165, 1.54) is 16.4 Å². The first-order valence-corrected chi connectivity index (χ1v) is 14.5. The molecule has 0 radical (unpaired) electrons. The fourth-order valence-electron chi connectivity index (χ4n) is 4.16. The quantitative estimate of drug-likeness (QED) is 0.367. The van der Waals surface area contributed by atoms with Crippen LogP contribution in [0.5, 0.6) is 0 Å². The number of carbonyl (C=O) groups is 1. The Bertz CT molecular complexity index is 1260. The highest BCUT2D eigenvalue weighted by molar-refractivity contribution is 7.89. The zero-order chi connectivity index (χ0) is 26.3. The summed E-state index contributed by atoms with van der Waals surface area (Å²) >= 11 is 1.59. The van der Waals surface area contributed by atoms with Crippen LogP contribution in [0.15, 0.2) is 71.6 Å². The van der Waals surface area contributed by atoms with E-state index in [9.17, 15) is 17.6 Å². The second-order valence-electron chi connectivity index (χ2n) is 8.99. The first-order valence-electron chi connectivity index (χ1n) is 12.2. The molecule has 0 N–H and O–H groups in total. The first-order chi connectivity index (χ1) is 17.8. The van der Waals surface area contributed by atoms with Crippen LogP contribution in [0.3, 0.4) is 0 Å². The summed E-state index contributed by atoms with van der Waals surface area (Å²) in [6, 6.07) is 18.2. The molecule has 1 aliphatic heterocycles. The van der Waals surface area contributed by atoms with Gasteiger partial charge in [0.1, 0.15) is 5.82 Å². The number of aryl methyl sites for hydroxylation is 1. The number of ether oxygens (including phenoxy) is 1. The Morgan fingerprint density at radius 1 is 1.00 bits per heavy atom. The molecule has 3 aromatic rings. The van der Waals surface area contributed by atoms with E-state index >= 15 is 0 Å². The lowest BCUT2D eigenvalue weighted by Crippen LogP contribution is -2.46. The molecule has 1 aliphatic rings. The van der Waals surface area contributed by atoms with E-state index in [-0.39, 0.29) is 36.3 Å². The van der Waals surface area contributed by atoms with Crippen LogP contribution in [-0.2, 0) is 32.6 Å². The molecule has 0 atom stereocenters. The van der Waals surface area contributed by atoms with Crippen molar-refractivity contribution in [1.82, 2.24) is 14.1 Å². The maximum Gasteiger partial charge on any atom is 0.243 e. The van der Waals surface area contributed by atoms with Crippen LogP contribution < -0.4 is 0 Å². The summed E-state index contributed by atoms with van der Waals surface area (Å²) in [6.45, 7) is 5.66. The third-order valence-corrected chi connectivity index (χ3v) is 9.09. The molecule has 1 fully saturated rings. The molecular weight excluding hydrogens is 513 g/mol. The Balaban J connectivity index is 1.56. The summed E-state index contributed by atoms with van der Waals surface area (Å²) in [5.41, 5.74) is 0.772. The molecule has 37 heavy (non-hydrogen) atoms. The van der Waals surface area contributed by atoms with E-state index in [0.29, 0.717) is 26.3 Å². The summed E-state index contributed by atoms with van der Waals surface area (Å²) in [4.78, 5) is 19.7. The van der Waals surface area contributed by atoms with Crippen LogP contribution in [0, 0.1) is 12.7 Å². The zero-order valence-electron chi connectivity index (χ0n) is 20.9. The van der Waals surface area contributed by atoms with Gasteiger partial charge in [-0.1, -0.05) is 30.3 Å². The molecule has 2 heterocycles. The van der Waals surface area contributed by atoms with Crippen LogP contribution in [-0.4, -0.2) is 74.4 Å². The number of halogens is 1. The van der Waals surface area contributed by atoms with Gasteiger partial charge in [0.25, 0.3) is 0 Å². The third-order valence-electron chi connectivity index (χ3n) is 6.24. The Hall–Kier alpha value is -2.63. The minimum Gasteiger partial charge on any atom is -0.379 e. The number of benzene rings is 2. The highest BCUT2D eigenvalue weighted by Gasteiger charge is 2.29. The van der Waals surface area contributed by atoms with Gasteiger partial charge in [-0.3, -0.25) is 9.69 Å². The molecule has 2 aromatic carbocycles. The number of amides is 1. The Kier molecular flexibility index (Phi) is 9.44. The molecule has 10 heteroatoms. The topological polar surface area (TPSA) is 70.2 Å². The molecule has 0 aliphatic carbocycles. The Labute approximate surface area is 222 Å². The third kappa shape index (κ3) is 7.68. The largest absolute Gasteiger partial charge is 0.379 e. The molecule has 0 bridgehead atoms. The molecular formula is C27H32FN3O4S2. The van der Waals surface area contributed by atoms with E-state index in [0.717, 1.165) is 28.4 Å². The van der Waals surface area contributed by atoms with Gasteiger partial charge in [-0.15, -0.1) is 11.3 Å². The summed E-state index contributed by atoms with van der Waals surface area (Å²) < 4.78 is 47.3. The second kappa shape index (κ2) is 12.7. The highest BCUT2D eigenvalue weighted by Crippen LogP contribution is 2.21. The summed E-state index contributed by atoms with van der Waals surface area (Å²) in [5.74, 6) is -0.657. The summed E-state index contributed by atoms with van der Waals surface area (Å²) in [7, 11) is -3.90. The van der Waals surface area contributed by atoms with Gasteiger partial charge < -0.3 is 9.64 Å². The average Bonchev–Trinajstić information content (AvgIpc) is 3.32. The highest BCUT2D eigenvalue weighted by atomic mass is 32.2. The van der Waals surface area contributed by atoms with Gasteiger partial charge in [0.05, 0.1) is 31.2 Å². The Morgan fingerprint density at radius 2 is 1.70 bits per heavy atom. The van der Waals surface area contributed by atoms with Crippen molar-refractivity contribution in [3.63, 3.8) is 0 Å². The van der Waals surface area contributed by atoms with E-state index < -0.39 is 10.0 Å². The van der Waals surface area contributed by atoms with E-state index in [1.54, 1.807) is 58.7 Å². The van der Waals surface area contributed by atoms with Gasteiger partial charge in [-0.25, -0.2) is 12.8 Å². The van der Waals surface area contributed by atoms with Gasteiger partial charge >= 0.3 is 0 Å².